The molecule has 1 saturated carbocycles. The van der Waals surface area contributed by atoms with Crippen LogP contribution in [0.25, 0.3) is 0 Å². The standard InChI is InChI=1S/C20H27NO5/c1-14-8-9-20(25-10-11-26-20)13-18(14)21-17(19(22)24-3)12-15-4-6-16(23-2)7-5-15/h4-7,17-18,21H,1,8-13H2,2-3H3/t17?,18-/m0/s1. The van der Waals surface area contributed by atoms with Crippen molar-refractivity contribution in [2.45, 2.75) is 43.6 Å². The number of rotatable bonds is 6. The first kappa shape index (κ1) is 18.9. The number of methoxy groups -OCH3 is 2. The number of ether oxygens (including phenoxy) is 4. The lowest BCUT2D eigenvalue weighted by molar-refractivity contribution is -0.176. The molecule has 6 nitrogen and oxygen atoms in total. The largest absolute Gasteiger partial charge is 0.497 e. The zero-order chi connectivity index (χ0) is 18.6. The van der Waals surface area contributed by atoms with Crippen molar-refractivity contribution in [1.29, 1.82) is 0 Å². The summed E-state index contributed by atoms with van der Waals surface area (Å²) in [6.45, 7) is 5.41. The van der Waals surface area contributed by atoms with Crippen LogP contribution < -0.4 is 10.1 Å². The van der Waals surface area contributed by atoms with E-state index >= 15 is 0 Å². The van der Waals surface area contributed by atoms with Gasteiger partial charge in [0.05, 0.1) is 27.4 Å². The number of nitrogens with one attached hydrogen (secondary N) is 1. The Hall–Kier alpha value is -1.89. The van der Waals surface area contributed by atoms with Gasteiger partial charge in [-0.1, -0.05) is 24.3 Å². The number of benzene rings is 1. The van der Waals surface area contributed by atoms with Crippen LogP contribution in [-0.2, 0) is 25.4 Å². The van der Waals surface area contributed by atoms with Crippen LogP contribution in [0.3, 0.4) is 0 Å². The van der Waals surface area contributed by atoms with E-state index in [2.05, 4.69) is 11.9 Å². The van der Waals surface area contributed by atoms with E-state index in [9.17, 15) is 4.79 Å². The lowest BCUT2D eigenvalue weighted by Crippen LogP contribution is -2.51. The maximum atomic E-state index is 12.3. The molecule has 6 heteroatoms. The lowest BCUT2D eigenvalue weighted by Gasteiger charge is -2.39. The Bertz CT molecular complexity index is 636. The van der Waals surface area contributed by atoms with Gasteiger partial charge >= 0.3 is 5.97 Å². The van der Waals surface area contributed by atoms with Gasteiger partial charge in [0.25, 0.3) is 0 Å². The first-order chi connectivity index (χ1) is 12.5. The van der Waals surface area contributed by atoms with E-state index in [0.717, 1.165) is 29.7 Å². The molecule has 0 bridgehead atoms. The minimum Gasteiger partial charge on any atom is -0.497 e. The van der Waals surface area contributed by atoms with Gasteiger partial charge < -0.3 is 18.9 Å². The molecule has 1 saturated heterocycles. The fourth-order valence-electron chi connectivity index (χ4n) is 3.61. The molecule has 2 aliphatic rings. The third kappa shape index (κ3) is 4.26. The number of esters is 1. The summed E-state index contributed by atoms with van der Waals surface area (Å²) in [4.78, 5) is 12.3. The monoisotopic (exact) mass is 361 g/mol. The molecule has 3 rings (SSSR count). The molecule has 1 aliphatic heterocycles. The highest BCUT2D eigenvalue weighted by molar-refractivity contribution is 5.76. The summed E-state index contributed by atoms with van der Waals surface area (Å²) >= 11 is 0. The molecule has 26 heavy (non-hydrogen) atoms. The van der Waals surface area contributed by atoms with Gasteiger partial charge in [-0.15, -0.1) is 0 Å². The van der Waals surface area contributed by atoms with Crippen LogP contribution in [0.2, 0.25) is 0 Å². The predicted molar refractivity (Wildman–Crippen MR) is 97.1 cm³/mol. The van der Waals surface area contributed by atoms with E-state index < -0.39 is 11.8 Å². The third-order valence-corrected chi connectivity index (χ3v) is 5.14. The highest BCUT2D eigenvalue weighted by atomic mass is 16.7. The topological polar surface area (TPSA) is 66.0 Å². The normalized spacial score (nSPS) is 23.0. The van der Waals surface area contributed by atoms with Gasteiger partial charge in [-0.25, -0.2) is 0 Å². The van der Waals surface area contributed by atoms with Crippen molar-refractivity contribution in [3.8, 4) is 5.75 Å². The highest BCUT2D eigenvalue weighted by Crippen LogP contribution is 2.37. The molecule has 0 amide bonds. The van der Waals surface area contributed by atoms with Crippen molar-refractivity contribution in [1.82, 2.24) is 5.32 Å². The van der Waals surface area contributed by atoms with E-state index in [1.165, 1.54) is 7.11 Å². The quantitative estimate of drug-likeness (QED) is 0.619. The van der Waals surface area contributed by atoms with Crippen molar-refractivity contribution in [2.24, 2.45) is 0 Å². The molecular formula is C20H27NO5. The maximum Gasteiger partial charge on any atom is 0.323 e. The van der Waals surface area contributed by atoms with Crippen molar-refractivity contribution >= 4 is 5.97 Å². The number of carbonyl (C=O) groups is 1. The van der Waals surface area contributed by atoms with Gasteiger partial charge in [-0.3, -0.25) is 10.1 Å². The zero-order valence-electron chi connectivity index (χ0n) is 15.5. The Morgan fingerprint density at radius 3 is 2.62 bits per heavy atom. The second kappa shape index (κ2) is 8.20. The summed E-state index contributed by atoms with van der Waals surface area (Å²) in [6.07, 6.45) is 2.80. The first-order valence-electron chi connectivity index (χ1n) is 8.97. The van der Waals surface area contributed by atoms with Crippen molar-refractivity contribution in [3.63, 3.8) is 0 Å². The van der Waals surface area contributed by atoms with Crippen molar-refractivity contribution in [3.05, 3.63) is 42.0 Å². The number of carbonyl (C=O) groups excluding carboxylic acids is 1. The molecular weight excluding hydrogens is 334 g/mol. The second-order valence-corrected chi connectivity index (χ2v) is 6.82. The van der Waals surface area contributed by atoms with Gasteiger partial charge in [-0.2, -0.15) is 0 Å². The van der Waals surface area contributed by atoms with Crippen LogP contribution >= 0.6 is 0 Å². The zero-order valence-corrected chi connectivity index (χ0v) is 15.5. The van der Waals surface area contributed by atoms with Gasteiger partial charge in [-0.05, 0) is 30.5 Å². The Morgan fingerprint density at radius 2 is 2.00 bits per heavy atom. The molecule has 1 aromatic rings. The number of hydrogen-bond acceptors (Lipinski definition) is 6. The first-order valence-corrected chi connectivity index (χ1v) is 8.97. The van der Waals surface area contributed by atoms with Gasteiger partial charge in [0.15, 0.2) is 5.79 Å². The van der Waals surface area contributed by atoms with Gasteiger partial charge in [0.2, 0.25) is 0 Å². The maximum absolute atomic E-state index is 12.3. The number of hydrogen-bond donors (Lipinski definition) is 1. The summed E-state index contributed by atoms with van der Waals surface area (Å²) in [7, 11) is 3.04. The second-order valence-electron chi connectivity index (χ2n) is 6.82. The summed E-state index contributed by atoms with van der Waals surface area (Å²) in [5.74, 6) is -0.0458. The van der Waals surface area contributed by atoms with E-state index in [1.807, 2.05) is 24.3 Å². The third-order valence-electron chi connectivity index (χ3n) is 5.14. The Morgan fingerprint density at radius 1 is 1.31 bits per heavy atom. The summed E-state index contributed by atoms with van der Waals surface area (Å²) in [5.41, 5.74) is 2.09. The van der Waals surface area contributed by atoms with Crippen LogP contribution in [0.1, 0.15) is 24.8 Å². The van der Waals surface area contributed by atoms with Crippen molar-refractivity contribution < 1.29 is 23.7 Å². The fourth-order valence-corrected chi connectivity index (χ4v) is 3.61. The molecule has 1 aliphatic carbocycles. The molecule has 0 aromatic heterocycles. The van der Waals surface area contributed by atoms with E-state index in [4.69, 9.17) is 18.9 Å². The van der Waals surface area contributed by atoms with Crippen LogP contribution in [0.5, 0.6) is 5.75 Å². The molecule has 1 heterocycles. The van der Waals surface area contributed by atoms with E-state index in [-0.39, 0.29) is 12.0 Å². The Kier molecular flexibility index (Phi) is 5.96. The van der Waals surface area contributed by atoms with Crippen LogP contribution in [-0.4, -0.2) is 51.3 Å². The average Bonchev–Trinajstić information content (AvgIpc) is 3.12. The summed E-state index contributed by atoms with van der Waals surface area (Å²) in [6, 6.07) is 7.17. The molecule has 1 unspecified atom stereocenters. The SMILES string of the molecule is C=C1CCC2(C[C@@H]1NC(Cc1ccc(OC)cc1)C(=O)OC)OCCO2. The van der Waals surface area contributed by atoms with E-state index in [1.54, 1.807) is 7.11 Å². The smallest absolute Gasteiger partial charge is 0.323 e. The summed E-state index contributed by atoms with van der Waals surface area (Å²) in [5, 5.41) is 3.42. The predicted octanol–water partition coefficient (Wildman–Crippen LogP) is 2.22. The minimum absolute atomic E-state index is 0.0517. The summed E-state index contributed by atoms with van der Waals surface area (Å²) < 4.78 is 21.9. The molecule has 1 aromatic carbocycles. The van der Waals surface area contributed by atoms with Crippen LogP contribution in [0.15, 0.2) is 36.4 Å². The lowest BCUT2D eigenvalue weighted by atomic mass is 9.85. The van der Waals surface area contributed by atoms with Crippen LogP contribution in [0, 0.1) is 0 Å². The molecule has 2 fully saturated rings. The Labute approximate surface area is 154 Å². The fraction of sp³-hybridized carbons (Fsp3) is 0.550. The van der Waals surface area contributed by atoms with Gasteiger partial charge in [0, 0.05) is 18.9 Å². The molecule has 0 radical (unpaired) electrons. The minimum atomic E-state index is -0.542. The van der Waals surface area contributed by atoms with Crippen molar-refractivity contribution in [2.75, 3.05) is 27.4 Å². The molecule has 142 valence electrons. The molecule has 2 atom stereocenters. The van der Waals surface area contributed by atoms with E-state index in [0.29, 0.717) is 26.1 Å². The van der Waals surface area contributed by atoms with Gasteiger partial charge in [0.1, 0.15) is 11.8 Å². The molecule has 1 N–H and O–H groups in total. The highest BCUT2D eigenvalue weighted by Gasteiger charge is 2.43. The Balaban J connectivity index is 1.70. The average molecular weight is 361 g/mol. The van der Waals surface area contributed by atoms with Crippen LogP contribution in [0.4, 0.5) is 0 Å². The molecule has 1 spiro atoms.